The van der Waals surface area contributed by atoms with Crippen molar-refractivity contribution in [3.8, 4) is 0 Å². The lowest BCUT2D eigenvalue weighted by Crippen LogP contribution is -2.32. The number of nitro groups is 1. The molecule has 1 saturated carbocycles. The molecular weight excluding hydrogens is 281 g/mol. The van der Waals surface area contributed by atoms with Crippen molar-refractivity contribution in [2.45, 2.75) is 25.3 Å². The average Bonchev–Trinajstić information content (AvgIpc) is 3.21. The van der Waals surface area contributed by atoms with Gasteiger partial charge in [-0.1, -0.05) is 0 Å². The number of benzene rings is 1. The summed E-state index contributed by atoms with van der Waals surface area (Å²) >= 11 is 0. The number of rotatable bonds is 6. The third-order valence-electron chi connectivity index (χ3n) is 2.98. The molecule has 2 amide bonds. The van der Waals surface area contributed by atoms with Crippen LogP contribution < -0.4 is 10.6 Å². The Bertz CT molecular complexity index is 587. The number of hydrogen-bond acceptors (Lipinski definition) is 4. The van der Waals surface area contributed by atoms with E-state index in [1.165, 1.54) is 0 Å². The van der Waals surface area contributed by atoms with Crippen molar-refractivity contribution in [1.29, 1.82) is 0 Å². The highest BCUT2D eigenvalue weighted by atomic mass is 19.1. The fourth-order valence-corrected chi connectivity index (χ4v) is 1.76. The molecule has 0 radical (unpaired) electrons. The van der Waals surface area contributed by atoms with Gasteiger partial charge in [0.2, 0.25) is 5.91 Å². The minimum absolute atomic E-state index is 0.0328. The molecule has 7 nitrogen and oxygen atoms in total. The van der Waals surface area contributed by atoms with Crippen molar-refractivity contribution >= 4 is 17.5 Å². The monoisotopic (exact) mass is 295 g/mol. The molecule has 0 heterocycles. The first-order valence-electron chi connectivity index (χ1n) is 6.49. The summed E-state index contributed by atoms with van der Waals surface area (Å²) in [5, 5.41) is 15.9. The summed E-state index contributed by atoms with van der Waals surface area (Å²) in [6.45, 7) is 0.0328. The molecule has 112 valence electrons. The molecule has 0 spiro atoms. The zero-order valence-corrected chi connectivity index (χ0v) is 11.1. The van der Waals surface area contributed by atoms with E-state index < -0.39 is 22.3 Å². The van der Waals surface area contributed by atoms with Crippen LogP contribution in [0, 0.1) is 15.9 Å². The first kappa shape index (κ1) is 14.9. The first-order valence-corrected chi connectivity index (χ1v) is 6.49. The second-order valence-corrected chi connectivity index (χ2v) is 4.77. The molecule has 0 aromatic heterocycles. The Labute approximate surface area is 119 Å². The van der Waals surface area contributed by atoms with Crippen molar-refractivity contribution in [2.75, 3.05) is 6.54 Å². The second kappa shape index (κ2) is 6.29. The van der Waals surface area contributed by atoms with Crippen LogP contribution in [-0.4, -0.2) is 29.3 Å². The molecule has 1 aliphatic rings. The van der Waals surface area contributed by atoms with Gasteiger partial charge < -0.3 is 10.6 Å². The summed E-state index contributed by atoms with van der Waals surface area (Å²) in [5.41, 5.74) is -0.834. The van der Waals surface area contributed by atoms with Gasteiger partial charge in [0.05, 0.1) is 4.92 Å². The van der Waals surface area contributed by atoms with Gasteiger partial charge in [0.1, 0.15) is 11.4 Å². The molecule has 1 aromatic carbocycles. The summed E-state index contributed by atoms with van der Waals surface area (Å²) in [6, 6.07) is 2.89. The molecular formula is C13H14FN3O4. The maximum Gasteiger partial charge on any atom is 0.282 e. The predicted molar refractivity (Wildman–Crippen MR) is 71.2 cm³/mol. The van der Waals surface area contributed by atoms with E-state index in [0.717, 1.165) is 31.0 Å². The number of nitrogens with one attached hydrogen (secondary N) is 2. The lowest BCUT2D eigenvalue weighted by atomic mass is 10.1. The van der Waals surface area contributed by atoms with E-state index in [1.54, 1.807) is 0 Å². The summed E-state index contributed by atoms with van der Waals surface area (Å²) < 4.78 is 13.1. The van der Waals surface area contributed by atoms with Gasteiger partial charge in [-0.3, -0.25) is 19.7 Å². The van der Waals surface area contributed by atoms with Gasteiger partial charge in [0, 0.05) is 25.1 Å². The van der Waals surface area contributed by atoms with Gasteiger partial charge in [-0.15, -0.1) is 0 Å². The zero-order chi connectivity index (χ0) is 15.4. The van der Waals surface area contributed by atoms with Gasteiger partial charge >= 0.3 is 0 Å². The third kappa shape index (κ3) is 4.23. The van der Waals surface area contributed by atoms with Gasteiger partial charge in [-0.25, -0.2) is 4.39 Å². The molecule has 0 saturated heterocycles. The zero-order valence-electron chi connectivity index (χ0n) is 11.1. The van der Waals surface area contributed by atoms with Crippen molar-refractivity contribution in [2.24, 2.45) is 0 Å². The Morgan fingerprint density at radius 1 is 1.38 bits per heavy atom. The lowest BCUT2D eigenvalue weighted by molar-refractivity contribution is -0.385. The average molecular weight is 295 g/mol. The van der Waals surface area contributed by atoms with Gasteiger partial charge in [0.25, 0.3) is 11.6 Å². The Kier molecular flexibility index (Phi) is 4.46. The number of halogens is 1. The van der Waals surface area contributed by atoms with Crippen LogP contribution in [-0.2, 0) is 4.79 Å². The topological polar surface area (TPSA) is 101 Å². The molecule has 21 heavy (non-hydrogen) atoms. The van der Waals surface area contributed by atoms with Crippen LogP contribution in [0.25, 0.3) is 0 Å². The lowest BCUT2D eigenvalue weighted by Gasteiger charge is -2.06. The molecule has 1 fully saturated rings. The van der Waals surface area contributed by atoms with Gasteiger partial charge in [0.15, 0.2) is 0 Å². The minimum Gasteiger partial charge on any atom is -0.353 e. The Morgan fingerprint density at radius 3 is 2.71 bits per heavy atom. The predicted octanol–water partition coefficient (Wildman–Crippen LogP) is 1.13. The summed E-state index contributed by atoms with van der Waals surface area (Å²) in [4.78, 5) is 33.3. The molecule has 0 bridgehead atoms. The smallest absolute Gasteiger partial charge is 0.282 e. The maximum atomic E-state index is 13.1. The highest BCUT2D eigenvalue weighted by molar-refractivity contribution is 5.98. The standard InChI is InChI=1S/C13H14FN3O4/c14-8-1-4-11(17(20)21)10(7-8)13(19)15-6-5-12(18)16-9-2-3-9/h1,4,7,9H,2-3,5-6H2,(H,15,19)(H,16,18). The van der Waals surface area contributed by atoms with Crippen molar-refractivity contribution in [3.05, 3.63) is 39.7 Å². The molecule has 8 heteroatoms. The van der Waals surface area contributed by atoms with Crippen LogP contribution in [0.15, 0.2) is 18.2 Å². The number of hydrogen-bond donors (Lipinski definition) is 2. The molecule has 1 aliphatic carbocycles. The molecule has 2 rings (SSSR count). The fraction of sp³-hybridized carbons (Fsp3) is 0.385. The van der Waals surface area contributed by atoms with E-state index >= 15 is 0 Å². The highest BCUT2D eigenvalue weighted by Crippen LogP contribution is 2.19. The normalized spacial score (nSPS) is 13.6. The largest absolute Gasteiger partial charge is 0.353 e. The van der Waals surface area contributed by atoms with Crippen molar-refractivity contribution in [1.82, 2.24) is 10.6 Å². The van der Waals surface area contributed by atoms with Gasteiger partial charge in [-0.05, 0) is 25.0 Å². The molecule has 2 N–H and O–H groups in total. The minimum atomic E-state index is -0.777. The molecule has 0 aliphatic heterocycles. The Balaban J connectivity index is 1.91. The van der Waals surface area contributed by atoms with E-state index in [2.05, 4.69) is 10.6 Å². The number of nitrogens with zero attached hydrogens (tertiary/aromatic N) is 1. The van der Waals surface area contributed by atoms with Crippen LogP contribution in [0.1, 0.15) is 29.6 Å². The first-order chi connectivity index (χ1) is 9.97. The third-order valence-corrected chi connectivity index (χ3v) is 2.98. The highest BCUT2D eigenvalue weighted by Gasteiger charge is 2.23. The van der Waals surface area contributed by atoms with Crippen LogP contribution in [0.2, 0.25) is 0 Å². The summed E-state index contributed by atoms with van der Waals surface area (Å²) in [5.74, 6) is -1.70. The summed E-state index contributed by atoms with van der Waals surface area (Å²) in [7, 11) is 0. The maximum absolute atomic E-state index is 13.1. The van der Waals surface area contributed by atoms with Crippen LogP contribution >= 0.6 is 0 Å². The van der Waals surface area contributed by atoms with Crippen LogP contribution in [0.5, 0.6) is 0 Å². The molecule has 0 atom stereocenters. The van der Waals surface area contributed by atoms with Crippen molar-refractivity contribution < 1.29 is 18.9 Å². The number of carbonyl (C=O) groups excluding carboxylic acids is 2. The molecule has 0 unspecified atom stereocenters. The van der Waals surface area contributed by atoms with E-state index in [4.69, 9.17) is 0 Å². The van der Waals surface area contributed by atoms with E-state index in [1.807, 2.05) is 0 Å². The quantitative estimate of drug-likeness (QED) is 0.606. The number of carbonyl (C=O) groups is 2. The van der Waals surface area contributed by atoms with Crippen LogP contribution in [0.4, 0.5) is 10.1 Å². The fourth-order valence-electron chi connectivity index (χ4n) is 1.76. The Morgan fingerprint density at radius 2 is 2.10 bits per heavy atom. The summed E-state index contributed by atoms with van der Waals surface area (Å²) in [6.07, 6.45) is 2.01. The molecule has 1 aromatic rings. The van der Waals surface area contributed by atoms with E-state index in [-0.39, 0.29) is 30.5 Å². The number of amides is 2. The van der Waals surface area contributed by atoms with Crippen molar-refractivity contribution in [3.63, 3.8) is 0 Å². The van der Waals surface area contributed by atoms with E-state index in [0.29, 0.717) is 0 Å². The Hall–Kier alpha value is -2.51. The van der Waals surface area contributed by atoms with E-state index in [9.17, 15) is 24.1 Å². The number of nitro benzene ring substituents is 1. The van der Waals surface area contributed by atoms with Crippen LogP contribution in [0.3, 0.4) is 0 Å². The van der Waals surface area contributed by atoms with Gasteiger partial charge in [-0.2, -0.15) is 0 Å². The SMILES string of the molecule is O=C(CCNC(=O)c1cc(F)ccc1[N+](=O)[O-])NC1CC1. The second-order valence-electron chi connectivity index (χ2n) is 4.77.